The summed E-state index contributed by atoms with van der Waals surface area (Å²) in [5.74, 6) is 0.239. The van der Waals surface area contributed by atoms with Gasteiger partial charge in [-0.15, -0.1) is 11.8 Å². The smallest absolute Gasteiger partial charge is 0.250 e. The molecule has 1 aliphatic rings. The van der Waals surface area contributed by atoms with E-state index in [4.69, 9.17) is 0 Å². The lowest BCUT2D eigenvalue weighted by Crippen LogP contribution is -2.20. The largest absolute Gasteiger partial charge is 0.318 e. The first-order chi connectivity index (χ1) is 16.9. The highest BCUT2D eigenvalue weighted by molar-refractivity contribution is 8.00. The Hall–Kier alpha value is -3.57. The van der Waals surface area contributed by atoms with E-state index in [0.29, 0.717) is 5.75 Å². The van der Waals surface area contributed by atoms with Crippen molar-refractivity contribution < 1.29 is 4.79 Å². The Balaban J connectivity index is 1.26. The molecule has 1 heterocycles. The van der Waals surface area contributed by atoms with Crippen LogP contribution in [0, 0.1) is 27.7 Å². The number of hydrogen-bond acceptors (Lipinski definition) is 3. The number of amides is 1. The van der Waals surface area contributed by atoms with Crippen molar-refractivity contribution in [1.82, 2.24) is 9.99 Å². The van der Waals surface area contributed by atoms with Gasteiger partial charge >= 0.3 is 0 Å². The Morgan fingerprint density at radius 1 is 0.943 bits per heavy atom. The molecule has 5 heteroatoms. The molecule has 1 amide bonds. The summed E-state index contributed by atoms with van der Waals surface area (Å²) >= 11 is 1.64. The molecule has 4 aromatic rings. The van der Waals surface area contributed by atoms with Gasteiger partial charge in [-0.2, -0.15) is 5.10 Å². The van der Waals surface area contributed by atoms with Crippen LogP contribution in [-0.2, 0) is 4.79 Å². The second-order valence-corrected chi connectivity index (χ2v) is 10.2. The number of hydrogen-bond donors (Lipinski definition) is 1. The number of rotatable bonds is 6. The number of nitrogens with one attached hydrogen (secondary N) is 1. The van der Waals surface area contributed by atoms with Gasteiger partial charge in [0.05, 0.1) is 17.2 Å². The summed E-state index contributed by atoms with van der Waals surface area (Å²) in [6.07, 6.45) is 1.74. The van der Waals surface area contributed by atoms with Crippen molar-refractivity contribution in [3.8, 4) is 16.8 Å². The summed E-state index contributed by atoms with van der Waals surface area (Å²) in [5.41, 5.74) is 14.7. The Morgan fingerprint density at radius 2 is 1.60 bits per heavy atom. The molecule has 0 saturated carbocycles. The minimum atomic E-state index is -0.101. The van der Waals surface area contributed by atoms with Gasteiger partial charge in [0.25, 0.3) is 0 Å². The molecular formula is C30H29N3OS. The maximum atomic E-state index is 12.6. The van der Waals surface area contributed by atoms with E-state index in [0.717, 1.165) is 17.0 Å². The third-order valence-electron chi connectivity index (χ3n) is 6.61. The highest BCUT2D eigenvalue weighted by Gasteiger charge is 2.28. The van der Waals surface area contributed by atoms with Gasteiger partial charge in [-0.1, -0.05) is 66.2 Å². The van der Waals surface area contributed by atoms with Gasteiger partial charge in [-0.25, -0.2) is 5.43 Å². The van der Waals surface area contributed by atoms with E-state index in [9.17, 15) is 4.79 Å². The van der Waals surface area contributed by atoms with E-state index in [2.05, 4.69) is 116 Å². The molecule has 0 bridgehead atoms. The molecule has 0 unspecified atom stereocenters. The quantitative estimate of drug-likeness (QED) is 0.248. The Bertz CT molecular complexity index is 1400. The molecule has 0 fully saturated rings. The fourth-order valence-electron chi connectivity index (χ4n) is 5.00. The van der Waals surface area contributed by atoms with Crippen LogP contribution in [-0.4, -0.2) is 22.4 Å². The summed E-state index contributed by atoms with van der Waals surface area (Å²) in [4.78, 5) is 12.6. The Morgan fingerprint density at radius 3 is 2.26 bits per heavy atom. The van der Waals surface area contributed by atoms with Gasteiger partial charge in [0.2, 0.25) is 5.91 Å². The van der Waals surface area contributed by atoms with Crippen molar-refractivity contribution >= 4 is 23.9 Å². The molecular weight excluding hydrogens is 450 g/mol. The molecule has 0 saturated heterocycles. The molecule has 3 aromatic carbocycles. The summed E-state index contributed by atoms with van der Waals surface area (Å²) in [7, 11) is 0. The average molecular weight is 480 g/mol. The number of aryl methyl sites for hydroxylation is 3. The van der Waals surface area contributed by atoms with Crippen LogP contribution >= 0.6 is 11.8 Å². The van der Waals surface area contributed by atoms with Gasteiger partial charge in [0.15, 0.2) is 0 Å². The second-order valence-electron chi connectivity index (χ2n) is 9.11. The van der Waals surface area contributed by atoms with Gasteiger partial charge in [0.1, 0.15) is 0 Å². The lowest BCUT2D eigenvalue weighted by atomic mass is 10.1. The van der Waals surface area contributed by atoms with E-state index in [1.165, 1.54) is 39.1 Å². The molecule has 176 valence electrons. The number of nitrogens with zero attached hydrogens (tertiary/aromatic N) is 2. The standard InChI is InChI=1S/C30H29N3OS/c1-19-13-14-28(20(2)15-19)33-21(3)16-23(22(33)4)17-31-32-29(34)18-35-30-26-11-7-5-9-24(26)25-10-6-8-12-27(25)30/h5-17,30H,18H2,1-4H3,(H,32,34)/b31-17+. The maximum Gasteiger partial charge on any atom is 0.250 e. The average Bonchev–Trinajstić information content (AvgIpc) is 3.31. The lowest BCUT2D eigenvalue weighted by Gasteiger charge is -2.13. The first kappa shape index (κ1) is 23.2. The molecule has 4 nitrogen and oxygen atoms in total. The first-order valence-corrected chi connectivity index (χ1v) is 12.9. The van der Waals surface area contributed by atoms with Crippen molar-refractivity contribution in [2.24, 2.45) is 5.10 Å². The minimum Gasteiger partial charge on any atom is -0.318 e. The summed E-state index contributed by atoms with van der Waals surface area (Å²) in [5, 5.41) is 4.43. The van der Waals surface area contributed by atoms with Crippen molar-refractivity contribution in [1.29, 1.82) is 0 Å². The van der Waals surface area contributed by atoms with Gasteiger partial charge in [-0.05, 0) is 67.6 Å². The van der Waals surface area contributed by atoms with Crippen LogP contribution < -0.4 is 5.43 Å². The zero-order chi connectivity index (χ0) is 24.5. The van der Waals surface area contributed by atoms with E-state index >= 15 is 0 Å². The monoisotopic (exact) mass is 479 g/mol. The molecule has 35 heavy (non-hydrogen) atoms. The lowest BCUT2D eigenvalue weighted by molar-refractivity contribution is -0.118. The van der Waals surface area contributed by atoms with Crippen molar-refractivity contribution in [3.05, 3.63) is 112 Å². The van der Waals surface area contributed by atoms with Crippen LogP contribution in [0.5, 0.6) is 0 Å². The molecule has 1 N–H and O–H groups in total. The number of aromatic nitrogens is 1. The molecule has 0 spiro atoms. The van der Waals surface area contributed by atoms with E-state index < -0.39 is 0 Å². The molecule has 0 radical (unpaired) electrons. The van der Waals surface area contributed by atoms with Crippen molar-refractivity contribution in [3.63, 3.8) is 0 Å². The molecule has 5 rings (SSSR count). The van der Waals surface area contributed by atoms with Gasteiger partial charge in [-0.3, -0.25) is 4.79 Å². The second kappa shape index (κ2) is 9.59. The fourth-order valence-corrected chi connectivity index (χ4v) is 6.15. The predicted molar refractivity (Wildman–Crippen MR) is 147 cm³/mol. The summed E-state index contributed by atoms with van der Waals surface area (Å²) in [6, 6.07) is 25.5. The SMILES string of the molecule is Cc1ccc(-n2c(C)cc(/C=N/NC(=O)CSC3c4ccccc4-c4ccccc43)c2C)c(C)c1. The molecule has 0 aliphatic heterocycles. The number of fused-ring (bicyclic) bond motifs is 3. The van der Waals surface area contributed by atoms with Crippen molar-refractivity contribution in [2.75, 3.05) is 5.75 Å². The third kappa shape index (κ3) is 4.44. The van der Waals surface area contributed by atoms with Crippen LogP contribution in [0.3, 0.4) is 0 Å². The van der Waals surface area contributed by atoms with E-state index in [1.54, 1.807) is 18.0 Å². The number of carbonyl (C=O) groups excluding carboxylic acids is 1. The van der Waals surface area contributed by atoms with Crippen molar-refractivity contribution in [2.45, 2.75) is 32.9 Å². The topological polar surface area (TPSA) is 46.4 Å². The zero-order valence-corrected chi connectivity index (χ0v) is 21.3. The Kier molecular flexibility index (Phi) is 6.35. The third-order valence-corrected chi connectivity index (χ3v) is 7.88. The zero-order valence-electron chi connectivity index (χ0n) is 20.5. The van der Waals surface area contributed by atoms with Crippen LogP contribution in [0.25, 0.3) is 16.8 Å². The fraction of sp³-hybridized carbons (Fsp3) is 0.200. The van der Waals surface area contributed by atoms with E-state index in [-0.39, 0.29) is 11.2 Å². The number of carbonyl (C=O) groups is 1. The highest BCUT2D eigenvalue weighted by Crippen LogP contribution is 2.49. The van der Waals surface area contributed by atoms with Crippen LogP contribution in [0.4, 0.5) is 0 Å². The van der Waals surface area contributed by atoms with Crippen LogP contribution in [0.1, 0.15) is 44.5 Å². The van der Waals surface area contributed by atoms with E-state index in [1.807, 2.05) is 0 Å². The van der Waals surface area contributed by atoms with Crippen LogP contribution in [0.2, 0.25) is 0 Å². The van der Waals surface area contributed by atoms with Gasteiger partial charge < -0.3 is 4.57 Å². The predicted octanol–water partition coefficient (Wildman–Crippen LogP) is 6.66. The highest BCUT2D eigenvalue weighted by atomic mass is 32.2. The molecule has 1 aromatic heterocycles. The summed E-state index contributed by atoms with van der Waals surface area (Å²) < 4.78 is 2.24. The number of benzene rings is 3. The molecule has 1 aliphatic carbocycles. The van der Waals surface area contributed by atoms with Crippen LogP contribution in [0.15, 0.2) is 77.9 Å². The molecule has 0 atom stereocenters. The van der Waals surface area contributed by atoms with Gasteiger partial charge in [0, 0.05) is 22.6 Å². The maximum absolute atomic E-state index is 12.6. The number of hydrazone groups is 1. The summed E-state index contributed by atoms with van der Waals surface area (Å²) in [6.45, 7) is 8.42. The minimum absolute atomic E-state index is 0.101. The number of thioether (sulfide) groups is 1. The first-order valence-electron chi connectivity index (χ1n) is 11.8. The Labute approximate surface area is 211 Å². The normalized spacial score (nSPS) is 12.7.